The average molecular weight is 412 g/mol. The number of aryl methyl sites for hydroxylation is 1. The molecule has 1 aliphatic carbocycles. The second-order valence-electron chi connectivity index (χ2n) is 8.67. The van der Waals surface area contributed by atoms with Crippen LogP contribution >= 0.6 is 0 Å². The summed E-state index contributed by atoms with van der Waals surface area (Å²) >= 11 is 0. The first-order chi connectivity index (χ1) is 14.3. The number of hydrogen-bond donors (Lipinski definition) is 2. The molecule has 0 unspecified atom stereocenters. The van der Waals surface area contributed by atoms with Gasteiger partial charge in [-0.2, -0.15) is 0 Å². The van der Waals surface area contributed by atoms with Crippen LogP contribution in [0.1, 0.15) is 50.2 Å². The van der Waals surface area contributed by atoms with Crippen molar-refractivity contribution >= 4 is 5.91 Å². The number of hydrogen-bond acceptors (Lipinski definition) is 4. The van der Waals surface area contributed by atoms with Crippen molar-refractivity contribution in [3.05, 3.63) is 41.5 Å². The van der Waals surface area contributed by atoms with Crippen molar-refractivity contribution in [1.29, 1.82) is 0 Å². The third-order valence-electron chi connectivity index (χ3n) is 6.31. The molecule has 1 aromatic carbocycles. The molecular weight excluding hydrogens is 378 g/mol. The van der Waals surface area contributed by atoms with Gasteiger partial charge >= 0.3 is 0 Å². The Morgan fingerprint density at radius 1 is 1.40 bits per heavy atom. The van der Waals surface area contributed by atoms with Crippen molar-refractivity contribution in [3.63, 3.8) is 0 Å². The predicted molar refractivity (Wildman–Crippen MR) is 117 cm³/mol. The zero-order chi connectivity index (χ0) is 21.8. The number of rotatable bonds is 7. The first-order valence-corrected chi connectivity index (χ1v) is 10.8. The maximum atomic E-state index is 12.0. The van der Waals surface area contributed by atoms with E-state index in [1.165, 1.54) is 0 Å². The van der Waals surface area contributed by atoms with E-state index in [4.69, 9.17) is 4.74 Å². The van der Waals surface area contributed by atoms with E-state index >= 15 is 0 Å². The minimum atomic E-state index is -0.595. The molecule has 2 aliphatic rings. The van der Waals surface area contributed by atoms with Crippen molar-refractivity contribution in [2.45, 2.75) is 63.8 Å². The molecule has 1 heterocycles. The van der Waals surface area contributed by atoms with Crippen LogP contribution in [0.15, 0.2) is 30.4 Å². The Labute approximate surface area is 179 Å². The molecule has 3 rings (SSSR count). The molecule has 2 N–H and O–H groups in total. The van der Waals surface area contributed by atoms with Crippen LogP contribution in [0.5, 0.6) is 5.75 Å². The molecule has 162 valence electrons. The lowest BCUT2D eigenvalue weighted by atomic mass is 9.86. The average Bonchev–Trinajstić information content (AvgIpc) is 3.23. The summed E-state index contributed by atoms with van der Waals surface area (Å²) < 4.78 is 6.26. The van der Waals surface area contributed by atoms with Gasteiger partial charge in [-0.3, -0.25) is 4.79 Å². The summed E-state index contributed by atoms with van der Waals surface area (Å²) in [5.41, 5.74) is 2.14. The van der Waals surface area contributed by atoms with Crippen LogP contribution in [-0.2, 0) is 11.2 Å². The number of ether oxygens (including phenoxy) is 1. The predicted octanol–water partition coefficient (Wildman–Crippen LogP) is 2.90. The van der Waals surface area contributed by atoms with E-state index in [2.05, 4.69) is 17.9 Å². The van der Waals surface area contributed by atoms with Crippen LogP contribution < -0.4 is 4.74 Å². The minimum absolute atomic E-state index is 0.0380. The molecule has 0 radical (unpaired) electrons. The van der Waals surface area contributed by atoms with Crippen molar-refractivity contribution in [2.24, 2.45) is 11.8 Å². The zero-order valence-electron chi connectivity index (χ0n) is 18.3. The Hall–Kier alpha value is -2.29. The van der Waals surface area contributed by atoms with Crippen LogP contribution in [-0.4, -0.2) is 53.4 Å². The number of benzene rings is 1. The first kappa shape index (κ1) is 22.4. The molecular formula is C25H33NO4. The molecule has 0 bridgehead atoms. The summed E-state index contributed by atoms with van der Waals surface area (Å²) in [6, 6.07) is 6.09. The fraction of sp³-hybridized carbons (Fsp3) is 0.560. The van der Waals surface area contributed by atoms with Crippen molar-refractivity contribution in [3.8, 4) is 17.6 Å². The summed E-state index contributed by atoms with van der Waals surface area (Å²) in [5.74, 6) is 6.84. The molecule has 1 fully saturated rings. The van der Waals surface area contributed by atoms with Crippen LogP contribution in [0.3, 0.4) is 0 Å². The standard InChI is InChI=1S/C25H33NO4/c1-5-6-8-16(2)20(27)13-12-18-21(28)15-22-24(18)19-10-7-9-17(25(19)30-22)11-14-23(29)26(3)4/h7,9-10,12-13,16,18,20-22,24,27-28H,8,11,14-15H2,1-4H3/b13-12+/t16-,18-,20+,21+,22-,24-/m0/s1. The van der Waals surface area contributed by atoms with Gasteiger partial charge in [0.1, 0.15) is 11.9 Å². The lowest BCUT2D eigenvalue weighted by molar-refractivity contribution is -0.128. The number of amides is 1. The highest BCUT2D eigenvalue weighted by Crippen LogP contribution is 2.52. The van der Waals surface area contributed by atoms with Gasteiger partial charge in [0.2, 0.25) is 5.91 Å². The quantitative estimate of drug-likeness (QED) is 0.535. The van der Waals surface area contributed by atoms with E-state index in [1.807, 2.05) is 25.1 Å². The zero-order valence-corrected chi connectivity index (χ0v) is 18.3. The Bertz CT molecular complexity index is 850. The Balaban J connectivity index is 1.76. The molecule has 0 spiro atoms. The molecule has 1 aliphatic heterocycles. The summed E-state index contributed by atoms with van der Waals surface area (Å²) in [7, 11) is 3.53. The fourth-order valence-electron chi connectivity index (χ4n) is 4.45. The number of aliphatic hydroxyl groups excluding tert-OH is 2. The number of nitrogens with zero attached hydrogens (tertiary/aromatic N) is 1. The van der Waals surface area contributed by atoms with E-state index in [9.17, 15) is 15.0 Å². The van der Waals surface area contributed by atoms with Crippen LogP contribution in [0, 0.1) is 23.7 Å². The Kier molecular flexibility index (Phi) is 7.23. The van der Waals surface area contributed by atoms with Gasteiger partial charge in [0.05, 0.1) is 12.2 Å². The van der Waals surface area contributed by atoms with Crippen molar-refractivity contribution in [2.75, 3.05) is 14.1 Å². The third kappa shape index (κ3) is 4.71. The summed E-state index contributed by atoms with van der Waals surface area (Å²) in [6.07, 6.45) is 4.88. The smallest absolute Gasteiger partial charge is 0.222 e. The van der Waals surface area contributed by atoms with E-state index in [1.54, 1.807) is 32.0 Å². The molecule has 1 saturated carbocycles. The van der Waals surface area contributed by atoms with Gasteiger partial charge in [0, 0.05) is 50.8 Å². The van der Waals surface area contributed by atoms with Gasteiger partial charge in [-0.1, -0.05) is 37.3 Å². The Morgan fingerprint density at radius 3 is 2.87 bits per heavy atom. The monoisotopic (exact) mass is 411 g/mol. The summed E-state index contributed by atoms with van der Waals surface area (Å²) in [6.45, 7) is 3.77. The third-order valence-corrected chi connectivity index (χ3v) is 6.31. The highest BCUT2D eigenvalue weighted by atomic mass is 16.5. The topological polar surface area (TPSA) is 70.0 Å². The van der Waals surface area contributed by atoms with E-state index in [-0.39, 0.29) is 29.8 Å². The first-order valence-electron chi connectivity index (χ1n) is 10.8. The molecule has 0 aromatic heterocycles. The number of aliphatic hydroxyl groups is 2. The van der Waals surface area contributed by atoms with Gasteiger partial charge < -0.3 is 19.8 Å². The number of carbonyl (C=O) groups excluding carboxylic acids is 1. The van der Waals surface area contributed by atoms with Gasteiger partial charge in [-0.05, 0) is 24.8 Å². The molecule has 6 atom stereocenters. The lowest BCUT2D eigenvalue weighted by Crippen LogP contribution is -2.22. The Morgan fingerprint density at radius 2 is 2.17 bits per heavy atom. The molecule has 1 amide bonds. The molecule has 5 heteroatoms. The van der Waals surface area contributed by atoms with Crippen LogP contribution in [0.4, 0.5) is 0 Å². The second kappa shape index (κ2) is 9.68. The highest BCUT2D eigenvalue weighted by molar-refractivity contribution is 5.76. The maximum Gasteiger partial charge on any atom is 0.222 e. The SMILES string of the molecule is CC#CC[C@H](C)[C@H](O)/C=C/[C@@H]1[C@H]2c3cccc(CCC(=O)N(C)C)c3O[C@H]2C[C@H]1O. The largest absolute Gasteiger partial charge is 0.489 e. The maximum absolute atomic E-state index is 12.0. The second-order valence-corrected chi connectivity index (χ2v) is 8.67. The van der Waals surface area contributed by atoms with Gasteiger partial charge in [0.25, 0.3) is 0 Å². The number of para-hydroxylation sites is 1. The van der Waals surface area contributed by atoms with E-state index < -0.39 is 12.2 Å². The summed E-state index contributed by atoms with van der Waals surface area (Å²) in [4.78, 5) is 13.6. The van der Waals surface area contributed by atoms with Gasteiger partial charge in [-0.15, -0.1) is 11.8 Å². The lowest BCUT2D eigenvalue weighted by Gasteiger charge is -2.19. The minimum Gasteiger partial charge on any atom is -0.489 e. The van der Waals surface area contributed by atoms with Gasteiger partial charge in [0.15, 0.2) is 0 Å². The molecule has 30 heavy (non-hydrogen) atoms. The van der Waals surface area contributed by atoms with Crippen LogP contribution in [0.2, 0.25) is 0 Å². The summed E-state index contributed by atoms with van der Waals surface area (Å²) in [5, 5.41) is 21.1. The van der Waals surface area contributed by atoms with E-state index in [0.29, 0.717) is 25.7 Å². The molecule has 0 saturated heterocycles. The molecule has 1 aromatic rings. The normalized spacial score (nSPS) is 26.3. The van der Waals surface area contributed by atoms with E-state index in [0.717, 1.165) is 16.9 Å². The van der Waals surface area contributed by atoms with Crippen molar-refractivity contribution in [1.82, 2.24) is 4.90 Å². The molecule has 5 nitrogen and oxygen atoms in total. The fourth-order valence-corrected chi connectivity index (χ4v) is 4.45. The number of carbonyl (C=O) groups is 1. The van der Waals surface area contributed by atoms with Crippen molar-refractivity contribution < 1.29 is 19.7 Å². The number of fused-ring (bicyclic) bond motifs is 3. The van der Waals surface area contributed by atoms with Crippen LogP contribution in [0.25, 0.3) is 0 Å². The van der Waals surface area contributed by atoms with Gasteiger partial charge in [-0.25, -0.2) is 0 Å². The highest BCUT2D eigenvalue weighted by Gasteiger charge is 2.48.